The molecule has 19 heavy (non-hydrogen) atoms. The molecule has 1 heterocycles. The van der Waals surface area contributed by atoms with Gasteiger partial charge in [-0.25, -0.2) is 0 Å². The lowest BCUT2D eigenvalue weighted by Gasteiger charge is -2.31. The van der Waals surface area contributed by atoms with Crippen LogP contribution in [0.5, 0.6) is 0 Å². The van der Waals surface area contributed by atoms with Crippen LogP contribution in [0.15, 0.2) is 30.3 Å². The molecule has 0 spiro atoms. The van der Waals surface area contributed by atoms with Gasteiger partial charge in [0.05, 0.1) is 0 Å². The Morgan fingerprint density at radius 1 is 1.21 bits per heavy atom. The minimum atomic E-state index is 0.234. The molecule has 1 radical (unpaired) electrons. The van der Waals surface area contributed by atoms with Gasteiger partial charge in [0.25, 0.3) is 0 Å². The highest BCUT2D eigenvalue weighted by atomic mass is 16.2. The van der Waals surface area contributed by atoms with E-state index in [4.69, 9.17) is 0 Å². The molecule has 0 saturated carbocycles. The molecule has 0 unspecified atom stereocenters. The van der Waals surface area contributed by atoms with E-state index in [0.717, 1.165) is 32.4 Å². The maximum absolute atomic E-state index is 12.1. The maximum Gasteiger partial charge on any atom is 0.222 e. The quantitative estimate of drug-likeness (QED) is 0.813. The summed E-state index contributed by atoms with van der Waals surface area (Å²) in [6, 6.07) is 10.1. The minimum absolute atomic E-state index is 0.234. The molecule has 1 amide bonds. The third kappa shape index (κ3) is 4.19. The summed E-state index contributed by atoms with van der Waals surface area (Å²) < 4.78 is 0. The molecule has 0 aromatic heterocycles. The number of hydrogen-bond donors (Lipinski definition) is 0. The molecule has 3 heteroatoms. The molecule has 0 aliphatic carbocycles. The summed E-state index contributed by atoms with van der Waals surface area (Å²) in [5.74, 6) is 0.660. The Hall–Kier alpha value is -1.64. The van der Waals surface area contributed by atoms with Gasteiger partial charge in [0.1, 0.15) is 0 Å². The van der Waals surface area contributed by atoms with E-state index in [1.165, 1.54) is 5.56 Å². The van der Waals surface area contributed by atoms with Crippen molar-refractivity contribution in [2.45, 2.75) is 32.1 Å². The molecule has 1 aromatic carbocycles. The van der Waals surface area contributed by atoms with Crippen LogP contribution >= 0.6 is 0 Å². The van der Waals surface area contributed by atoms with E-state index in [0.29, 0.717) is 18.8 Å². The standard InChI is InChI=1S/C16H20NO2/c18-13-10-15-8-11-17(12-9-15)16(19)7-6-14-4-2-1-3-5-14/h1-5,15H,6-12H2. The minimum Gasteiger partial charge on any atom is -0.343 e. The number of piperidine rings is 1. The normalized spacial score (nSPS) is 16.3. The van der Waals surface area contributed by atoms with Crippen LogP contribution in [0, 0.1) is 5.92 Å². The molecular formula is C16H20NO2. The number of nitrogens with zero attached hydrogens (tertiary/aromatic N) is 1. The highest BCUT2D eigenvalue weighted by Crippen LogP contribution is 2.20. The summed E-state index contributed by atoms with van der Waals surface area (Å²) in [6.45, 7) is 1.58. The Labute approximate surface area is 114 Å². The maximum atomic E-state index is 12.1. The fraction of sp³-hybridized carbons (Fsp3) is 0.500. The molecule has 1 saturated heterocycles. The van der Waals surface area contributed by atoms with Crippen molar-refractivity contribution in [1.82, 2.24) is 4.90 Å². The zero-order valence-corrected chi connectivity index (χ0v) is 11.2. The predicted molar refractivity (Wildman–Crippen MR) is 74.4 cm³/mol. The van der Waals surface area contributed by atoms with Gasteiger partial charge in [0.15, 0.2) is 6.29 Å². The van der Waals surface area contributed by atoms with Gasteiger partial charge in [-0.3, -0.25) is 9.59 Å². The van der Waals surface area contributed by atoms with Gasteiger partial charge >= 0.3 is 0 Å². The first kappa shape index (κ1) is 13.8. The van der Waals surface area contributed by atoms with Gasteiger partial charge in [0, 0.05) is 25.9 Å². The Balaban J connectivity index is 1.74. The summed E-state index contributed by atoms with van der Waals surface area (Å²) in [5, 5.41) is 0. The van der Waals surface area contributed by atoms with Crippen molar-refractivity contribution < 1.29 is 9.59 Å². The van der Waals surface area contributed by atoms with E-state index in [1.54, 1.807) is 0 Å². The number of rotatable bonds is 5. The van der Waals surface area contributed by atoms with Crippen LogP contribution in [0.3, 0.4) is 0 Å². The highest BCUT2D eigenvalue weighted by Gasteiger charge is 2.22. The third-order valence-electron chi connectivity index (χ3n) is 3.81. The number of amides is 1. The van der Waals surface area contributed by atoms with Crippen molar-refractivity contribution in [3.05, 3.63) is 35.9 Å². The lowest BCUT2D eigenvalue weighted by Crippen LogP contribution is -2.38. The summed E-state index contributed by atoms with van der Waals surface area (Å²) in [4.78, 5) is 24.4. The molecule has 0 N–H and O–H groups in total. The van der Waals surface area contributed by atoms with Crippen molar-refractivity contribution in [2.24, 2.45) is 5.92 Å². The van der Waals surface area contributed by atoms with Crippen molar-refractivity contribution in [3.63, 3.8) is 0 Å². The number of hydrogen-bond acceptors (Lipinski definition) is 2. The molecule has 2 rings (SSSR count). The fourth-order valence-electron chi connectivity index (χ4n) is 2.56. The second kappa shape index (κ2) is 7.07. The molecule has 1 aliphatic rings. The SMILES string of the molecule is O=[C]CC1CCN(C(=O)CCc2ccccc2)CC1. The van der Waals surface area contributed by atoms with Crippen LogP contribution in [-0.2, 0) is 16.0 Å². The van der Waals surface area contributed by atoms with E-state index in [9.17, 15) is 9.59 Å². The fourth-order valence-corrected chi connectivity index (χ4v) is 2.56. The van der Waals surface area contributed by atoms with E-state index < -0.39 is 0 Å². The van der Waals surface area contributed by atoms with Gasteiger partial charge in [-0.1, -0.05) is 30.3 Å². The van der Waals surface area contributed by atoms with E-state index in [1.807, 2.05) is 29.4 Å². The van der Waals surface area contributed by atoms with Gasteiger partial charge < -0.3 is 4.90 Å². The first-order valence-electron chi connectivity index (χ1n) is 6.96. The Bertz CT molecular complexity index is 408. The second-order valence-corrected chi connectivity index (χ2v) is 5.16. The summed E-state index contributed by atoms with van der Waals surface area (Å²) in [5.41, 5.74) is 1.21. The van der Waals surface area contributed by atoms with Crippen LogP contribution in [0.1, 0.15) is 31.2 Å². The zero-order chi connectivity index (χ0) is 13.5. The van der Waals surface area contributed by atoms with Crippen molar-refractivity contribution in [2.75, 3.05) is 13.1 Å². The first-order valence-corrected chi connectivity index (χ1v) is 6.96. The Morgan fingerprint density at radius 2 is 1.89 bits per heavy atom. The van der Waals surface area contributed by atoms with Gasteiger partial charge in [-0.05, 0) is 30.7 Å². The highest BCUT2D eigenvalue weighted by molar-refractivity contribution is 5.76. The third-order valence-corrected chi connectivity index (χ3v) is 3.81. The summed E-state index contributed by atoms with van der Waals surface area (Å²) in [6.07, 6.45) is 5.75. The van der Waals surface area contributed by atoms with Gasteiger partial charge in [-0.15, -0.1) is 0 Å². The van der Waals surface area contributed by atoms with Crippen molar-refractivity contribution in [1.29, 1.82) is 0 Å². The number of aryl methyl sites for hydroxylation is 1. The van der Waals surface area contributed by atoms with Gasteiger partial charge in [0.2, 0.25) is 5.91 Å². The van der Waals surface area contributed by atoms with Crippen LogP contribution < -0.4 is 0 Å². The lowest BCUT2D eigenvalue weighted by molar-refractivity contribution is -0.132. The van der Waals surface area contributed by atoms with E-state index in [2.05, 4.69) is 12.1 Å². The van der Waals surface area contributed by atoms with Crippen LogP contribution in [0.25, 0.3) is 0 Å². The Kier molecular flexibility index (Phi) is 5.13. The summed E-state index contributed by atoms with van der Waals surface area (Å²) >= 11 is 0. The molecule has 1 fully saturated rings. The molecule has 0 bridgehead atoms. The number of carbonyl (C=O) groups excluding carboxylic acids is 2. The first-order chi connectivity index (χ1) is 9.29. The van der Waals surface area contributed by atoms with E-state index in [-0.39, 0.29) is 5.91 Å². The number of likely N-dealkylation sites (tertiary alicyclic amines) is 1. The largest absolute Gasteiger partial charge is 0.343 e. The zero-order valence-electron chi connectivity index (χ0n) is 11.2. The van der Waals surface area contributed by atoms with Crippen molar-refractivity contribution in [3.8, 4) is 0 Å². The average Bonchev–Trinajstić information content (AvgIpc) is 2.47. The van der Waals surface area contributed by atoms with Crippen LogP contribution in [0.2, 0.25) is 0 Å². The predicted octanol–water partition coefficient (Wildman–Crippen LogP) is 2.36. The molecule has 0 atom stereocenters. The Morgan fingerprint density at radius 3 is 2.53 bits per heavy atom. The smallest absolute Gasteiger partial charge is 0.222 e. The molecular weight excluding hydrogens is 238 g/mol. The second-order valence-electron chi connectivity index (χ2n) is 5.16. The average molecular weight is 258 g/mol. The lowest BCUT2D eigenvalue weighted by atomic mass is 9.94. The number of benzene rings is 1. The topological polar surface area (TPSA) is 37.4 Å². The summed E-state index contributed by atoms with van der Waals surface area (Å²) in [7, 11) is 0. The van der Waals surface area contributed by atoms with Crippen molar-refractivity contribution >= 4 is 12.2 Å². The molecule has 3 nitrogen and oxygen atoms in total. The molecule has 1 aliphatic heterocycles. The van der Waals surface area contributed by atoms with Crippen LogP contribution in [0.4, 0.5) is 0 Å². The molecule has 1 aromatic rings. The van der Waals surface area contributed by atoms with Gasteiger partial charge in [-0.2, -0.15) is 0 Å². The number of carbonyl (C=O) groups is 1. The van der Waals surface area contributed by atoms with Crippen LogP contribution in [-0.4, -0.2) is 30.2 Å². The molecule has 101 valence electrons. The monoisotopic (exact) mass is 258 g/mol. The van der Waals surface area contributed by atoms with E-state index >= 15 is 0 Å².